The highest BCUT2D eigenvalue weighted by atomic mass is 15.2. The van der Waals surface area contributed by atoms with Gasteiger partial charge < -0.3 is 10.2 Å². The average Bonchev–Trinajstić information content (AvgIpc) is 2.70. The molecule has 13 heavy (non-hydrogen) atoms. The van der Waals surface area contributed by atoms with E-state index < -0.39 is 0 Å². The highest BCUT2D eigenvalue weighted by molar-refractivity contribution is 4.86. The van der Waals surface area contributed by atoms with Crippen LogP contribution in [-0.4, -0.2) is 37.1 Å². The van der Waals surface area contributed by atoms with Crippen molar-refractivity contribution in [3.05, 3.63) is 0 Å². The van der Waals surface area contributed by atoms with Crippen LogP contribution in [0.4, 0.5) is 0 Å². The molecule has 2 heterocycles. The van der Waals surface area contributed by atoms with E-state index in [4.69, 9.17) is 0 Å². The first-order valence-corrected chi connectivity index (χ1v) is 5.86. The molecule has 2 rings (SSSR count). The van der Waals surface area contributed by atoms with Crippen LogP contribution in [0.15, 0.2) is 0 Å². The van der Waals surface area contributed by atoms with Gasteiger partial charge >= 0.3 is 0 Å². The van der Waals surface area contributed by atoms with Crippen molar-refractivity contribution in [1.29, 1.82) is 0 Å². The molecule has 2 aliphatic rings. The van der Waals surface area contributed by atoms with Crippen molar-refractivity contribution in [2.45, 2.75) is 38.6 Å². The van der Waals surface area contributed by atoms with Crippen LogP contribution >= 0.6 is 0 Å². The van der Waals surface area contributed by atoms with E-state index in [9.17, 15) is 0 Å². The number of likely N-dealkylation sites (tertiary alicyclic amines) is 1. The first kappa shape index (κ1) is 9.47. The average molecular weight is 182 g/mol. The van der Waals surface area contributed by atoms with Crippen molar-refractivity contribution in [3.8, 4) is 0 Å². The van der Waals surface area contributed by atoms with Crippen LogP contribution in [-0.2, 0) is 0 Å². The first-order valence-electron chi connectivity index (χ1n) is 5.86. The van der Waals surface area contributed by atoms with Gasteiger partial charge in [0.15, 0.2) is 0 Å². The molecule has 0 radical (unpaired) electrons. The normalized spacial score (nSPS) is 36.7. The van der Waals surface area contributed by atoms with E-state index in [1.54, 1.807) is 0 Å². The van der Waals surface area contributed by atoms with Crippen molar-refractivity contribution >= 4 is 0 Å². The van der Waals surface area contributed by atoms with Gasteiger partial charge in [-0.2, -0.15) is 0 Å². The van der Waals surface area contributed by atoms with E-state index >= 15 is 0 Å². The molecule has 1 N–H and O–H groups in total. The van der Waals surface area contributed by atoms with Gasteiger partial charge in [0.2, 0.25) is 0 Å². The second-order valence-electron chi connectivity index (χ2n) is 4.44. The number of nitrogens with one attached hydrogen (secondary N) is 1. The molecule has 2 nitrogen and oxygen atoms in total. The highest BCUT2D eigenvalue weighted by Crippen LogP contribution is 2.26. The lowest BCUT2D eigenvalue weighted by Gasteiger charge is -2.38. The van der Waals surface area contributed by atoms with Crippen molar-refractivity contribution in [2.75, 3.05) is 26.2 Å². The van der Waals surface area contributed by atoms with Gasteiger partial charge in [-0.1, -0.05) is 13.3 Å². The molecular formula is C11H22N2. The fourth-order valence-electron chi connectivity index (χ4n) is 2.95. The Labute approximate surface area is 81.7 Å². The van der Waals surface area contributed by atoms with E-state index in [0.29, 0.717) is 0 Å². The van der Waals surface area contributed by atoms with Gasteiger partial charge in [0.1, 0.15) is 0 Å². The zero-order valence-electron chi connectivity index (χ0n) is 8.76. The van der Waals surface area contributed by atoms with Gasteiger partial charge in [0.05, 0.1) is 0 Å². The van der Waals surface area contributed by atoms with Crippen molar-refractivity contribution < 1.29 is 0 Å². The molecule has 0 aromatic carbocycles. The van der Waals surface area contributed by atoms with E-state index in [-0.39, 0.29) is 0 Å². The predicted molar refractivity (Wildman–Crippen MR) is 55.9 cm³/mol. The third-order valence-electron chi connectivity index (χ3n) is 3.71. The topological polar surface area (TPSA) is 15.3 Å². The molecule has 0 aliphatic carbocycles. The Balaban J connectivity index is 1.93. The van der Waals surface area contributed by atoms with Crippen molar-refractivity contribution in [2.24, 2.45) is 5.92 Å². The summed E-state index contributed by atoms with van der Waals surface area (Å²) >= 11 is 0. The van der Waals surface area contributed by atoms with Gasteiger partial charge in [-0.25, -0.2) is 0 Å². The maximum Gasteiger partial charge on any atom is 0.0136 e. The Morgan fingerprint density at radius 2 is 2.23 bits per heavy atom. The number of piperidine rings is 1. The van der Waals surface area contributed by atoms with Crippen molar-refractivity contribution in [3.63, 3.8) is 0 Å². The summed E-state index contributed by atoms with van der Waals surface area (Å²) in [5.41, 5.74) is 0. The maximum atomic E-state index is 3.49. The number of nitrogens with zero attached hydrogens (tertiary/aromatic N) is 1. The van der Waals surface area contributed by atoms with Crippen LogP contribution in [0.3, 0.4) is 0 Å². The summed E-state index contributed by atoms with van der Waals surface area (Å²) in [5, 5.41) is 3.49. The smallest absolute Gasteiger partial charge is 0.0136 e. The summed E-state index contributed by atoms with van der Waals surface area (Å²) in [7, 11) is 0. The third-order valence-corrected chi connectivity index (χ3v) is 3.71. The lowest BCUT2D eigenvalue weighted by Crippen LogP contribution is -2.44. The summed E-state index contributed by atoms with van der Waals surface area (Å²) < 4.78 is 0. The molecule has 2 atom stereocenters. The lowest BCUT2D eigenvalue weighted by molar-refractivity contribution is 0.112. The quantitative estimate of drug-likeness (QED) is 0.695. The SMILES string of the molecule is CCN1CCCCC1C1CCNC1. The van der Waals surface area contributed by atoms with Gasteiger partial charge in [-0.15, -0.1) is 0 Å². The summed E-state index contributed by atoms with van der Waals surface area (Å²) in [6.45, 7) is 7.42. The Hall–Kier alpha value is -0.0800. The standard InChI is InChI=1S/C11H22N2/c1-2-13-8-4-3-5-11(13)10-6-7-12-9-10/h10-12H,2-9H2,1H3. The molecule has 2 saturated heterocycles. The van der Waals surface area contributed by atoms with E-state index in [1.165, 1.54) is 51.9 Å². The fraction of sp³-hybridized carbons (Fsp3) is 1.00. The zero-order chi connectivity index (χ0) is 9.10. The molecule has 0 saturated carbocycles. The molecule has 0 aromatic rings. The molecule has 76 valence electrons. The molecular weight excluding hydrogens is 160 g/mol. The molecule has 2 fully saturated rings. The minimum Gasteiger partial charge on any atom is -0.316 e. The molecule has 0 spiro atoms. The lowest BCUT2D eigenvalue weighted by atomic mass is 9.90. The fourth-order valence-corrected chi connectivity index (χ4v) is 2.95. The van der Waals surface area contributed by atoms with Gasteiger partial charge in [-0.3, -0.25) is 0 Å². The Bertz CT molecular complexity index is 150. The second kappa shape index (κ2) is 4.43. The molecule has 2 unspecified atom stereocenters. The number of hydrogen-bond donors (Lipinski definition) is 1. The minimum absolute atomic E-state index is 0.897. The summed E-state index contributed by atoms with van der Waals surface area (Å²) in [5.74, 6) is 0.945. The van der Waals surface area contributed by atoms with E-state index in [1.807, 2.05) is 0 Å². The summed E-state index contributed by atoms with van der Waals surface area (Å²) in [6.07, 6.45) is 5.73. The Morgan fingerprint density at radius 1 is 1.31 bits per heavy atom. The molecule has 2 aliphatic heterocycles. The maximum absolute atomic E-state index is 3.49. The van der Waals surface area contributed by atoms with Gasteiger partial charge in [0, 0.05) is 6.04 Å². The van der Waals surface area contributed by atoms with E-state index in [2.05, 4.69) is 17.1 Å². The van der Waals surface area contributed by atoms with E-state index in [0.717, 1.165) is 12.0 Å². The Kier molecular flexibility index (Phi) is 3.23. The van der Waals surface area contributed by atoms with Gasteiger partial charge in [0.25, 0.3) is 0 Å². The predicted octanol–water partition coefficient (Wildman–Crippen LogP) is 1.47. The molecule has 2 heteroatoms. The van der Waals surface area contributed by atoms with Crippen LogP contribution in [0.1, 0.15) is 32.6 Å². The minimum atomic E-state index is 0.897. The molecule has 0 aromatic heterocycles. The van der Waals surface area contributed by atoms with Crippen molar-refractivity contribution in [1.82, 2.24) is 10.2 Å². The Morgan fingerprint density at radius 3 is 2.92 bits per heavy atom. The summed E-state index contributed by atoms with van der Waals surface area (Å²) in [6, 6.07) is 0.897. The van der Waals surface area contributed by atoms with Crippen LogP contribution < -0.4 is 5.32 Å². The van der Waals surface area contributed by atoms with Crippen LogP contribution in [0.5, 0.6) is 0 Å². The highest BCUT2D eigenvalue weighted by Gasteiger charge is 2.30. The van der Waals surface area contributed by atoms with Crippen LogP contribution in [0, 0.1) is 5.92 Å². The monoisotopic (exact) mass is 182 g/mol. The largest absolute Gasteiger partial charge is 0.316 e. The summed E-state index contributed by atoms with van der Waals surface area (Å²) in [4.78, 5) is 2.70. The van der Waals surface area contributed by atoms with Crippen LogP contribution in [0.2, 0.25) is 0 Å². The number of hydrogen-bond acceptors (Lipinski definition) is 2. The zero-order valence-corrected chi connectivity index (χ0v) is 8.76. The first-order chi connectivity index (χ1) is 6.42. The molecule has 0 amide bonds. The molecule has 0 bridgehead atoms. The van der Waals surface area contributed by atoms with Gasteiger partial charge in [-0.05, 0) is 51.4 Å². The third kappa shape index (κ3) is 2.05. The van der Waals surface area contributed by atoms with Crippen LogP contribution in [0.25, 0.3) is 0 Å². The second-order valence-corrected chi connectivity index (χ2v) is 4.44. The number of rotatable bonds is 2.